The largest absolute Gasteiger partial charge is 0.360 e. The molecule has 0 radical (unpaired) electrons. The number of nitrogens with zero attached hydrogens (tertiary/aromatic N) is 2. The molecule has 0 atom stereocenters. The quantitative estimate of drug-likeness (QED) is 0.567. The van der Waals surface area contributed by atoms with Crippen molar-refractivity contribution in [2.75, 3.05) is 5.32 Å². The lowest BCUT2D eigenvalue weighted by molar-refractivity contribution is -0.380. The maximum Gasteiger partial charge on any atom is 0.345 e. The molecule has 2 aromatic heterocycles. The number of benzene rings is 1. The summed E-state index contributed by atoms with van der Waals surface area (Å²) in [5.74, 6) is -0.670. The first-order valence-electron chi connectivity index (χ1n) is 6.08. The molecule has 0 aliphatic rings. The first kappa shape index (κ1) is 13.9. The number of hydrogen-bond acceptors (Lipinski definition) is 6. The van der Waals surface area contributed by atoms with Crippen molar-refractivity contribution in [1.82, 2.24) is 9.97 Å². The summed E-state index contributed by atoms with van der Waals surface area (Å²) in [6.45, 7) is 0. The Morgan fingerprint density at radius 2 is 2.14 bits per heavy atom. The predicted molar refractivity (Wildman–Crippen MR) is 81.3 cm³/mol. The molecule has 2 heterocycles. The predicted octanol–water partition coefficient (Wildman–Crippen LogP) is 2.15. The van der Waals surface area contributed by atoms with Crippen LogP contribution in [-0.4, -0.2) is 20.8 Å². The highest BCUT2D eigenvalue weighted by molar-refractivity contribution is 7.18. The standard InChI is InChI=1S/C13H8N4O4S/c18-11-7-3-1-2-4-9(7)14-5-8(11)12(19)16-13-15-6-10(22-13)17(20)21/h1-6H,(H,14,18)(H,15,16,19). The molecule has 8 nitrogen and oxygen atoms in total. The van der Waals surface area contributed by atoms with Crippen LogP contribution in [0.2, 0.25) is 0 Å². The number of hydrogen-bond donors (Lipinski definition) is 2. The van der Waals surface area contributed by atoms with Crippen molar-refractivity contribution < 1.29 is 9.72 Å². The number of nitrogens with one attached hydrogen (secondary N) is 2. The summed E-state index contributed by atoms with van der Waals surface area (Å²) in [4.78, 5) is 41.0. The minimum absolute atomic E-state index is 0.0595. The number of thiazole rings is 1. The number of carbonyl (C=O) groups is 1. The number of H-pyrrole nitrogens is 1. The van der Waals surface area contributed by atoms with Crippen LogP contribution in [0.25, 0.3) is 10.9 Å². The van der Waals surface area contributed by atoms with Gasteiger partial charge < -0.3 is 4.98 Å². The molecule has 1 amide bonds. The number of para-hydroxylation sites is 1. The van der Waals surface area contributed by atoms with Crippen LogP contribution in [0.5, 0.6) is 0 Å². The van der Waals surface area contributed by atoms with E-state index in [-0.39, 0.29) is 15.7 Å². The molecular weight excluding hydrogens is 308 g/mol. The van der Waals surface area contributed by atoms with Crippen LogP contribution in [0, 0.1) is 10.1 Å². The molecule has 22 heavy (non-hydrogen) atoms. The highest BCUT2D eigenvalue weighted by Crippen LogP contribution is 2.25. The number of amides is 1. The highest BCUT2D eigenvalue weighted by Gasteiger charge is 2.17. The van der Waals surface area contributed by atoms with E-state index in [0.29, 0.717) is 10.9 Å². The minimum Gasteiger partial charge on any atom is -0.360 e. The van der Waals surface area contributed by atoms with E-state index >= 15 is 0 Å². The zero-order valence-corrected chi connectivity index (χ0v) is 11.7. The summed E-state index contributed by atoms with van der Waals surface area (Å²) in [5, 5.41) is 13.2. The molecule has 9 heteroatoms. The molecule has 0 aliphatic heterocycles. The summed E-state index contributed by atoms with van der Waals surface area (Å²) >= 11 is 0.719. The Kier molecular flexibility index (Phi) is 3.39. The molecule has 3 aromatic rings. The Balaban J connectivity index is 1.93. The Morgan fingerprint density at radius 3 is 2.86 bits per heavy atom. The maximum absolute atomic E-state index is 12.3. The average molecular weight is 316 g/mol. The van der Waals surface area contributed by atoms with Crippen LogP contribution in [-0.2, 0) is 0 Å². The van der Waals surface area contributed by atoms with Gasteiger partial charge in [-0.1, -0.05) is 12.1 Å². The number of pyridine rings is 1. The highest BCUT2D eigenvalue weighted by atomic mass is 32.1. The van der Waals surface area contributed by atoms with Gasteiger partial charge >= 0.3 is 5.00 Å². The fourth-order valence-electron chi connectivity index (χ4n) is 1.91. The molecule has 110 valence electrons. The summed E-state index contributed by atoms with van der Waals surface area (Å²) in [6, 6.07) is 6.80. The zero-order valence-electron chi connectivity index (χ0n) is 10.9. The van der Waals surface area contributed by atoms with Gasteiger partial charge in [-0.15, -0.1) is 0 Å². The van der Waals surface area contributed by atoms with Crippen molar-refractivity contribution in [1.29, 1.82) is 0 Å². The van der Waals surface area contributed by atoms with E-state index < -0.39 is 16.3 Å². The summed E-state index contributed by atoms with van der Waals surface area (Å²) in [6.07, 6.45) is 2.35. The van der Waals surface area contributed by atoms with Gasteiger partial charge in [0.1, 0.15) is 11.8 Å². The van der Waals surface area contributed by atoms with Gasteiger partial charge in [0, 0.05) is 17.1 Å². The van der Waals surface area contributed by atoms with Gasteiger partial charge in [0.15, 0.2) is 5.13 Å². The fraction of sp³-hybridized carbons (Fsp3) is 0. The summed E-state index contributed by atoms with van der Waals surface area (Å²) < 4.78 is 0. The van der Waals surface area contributed by atoms with Crippen molar-refractivity contribution in [3.63, 3.8) is 0 Å². The van der Waals surface area contributed by atoms with Crippen LogP contribution in [0.15, 0.2) is 41.5 Å². The Morgan fingerprint density at radius 1 is 1.36 bits per heavy atom. The molecule has 3 rings (SSSR count). The number of rotatable bonds is 3. The monoisotopic (exact) mass is 316 g/mol. The van der Waals surface area contributed by atoms with Gasteiger partial charge in [-0.25, -0.2) is 4.98 Å². The Labute approximate surface area is 126 Å². The van der Waals surface area contributed by atoms with Crippen molar-refractivity contribution in [2.24, 2.45) is 0 Å². The van der Waals surface area contributed by atoms with E-state index in [2.05, 4.69) is 15.3 Å². The smallest absolute Gasteiger partial charge is 0.345 e. The van der Waals surface area contributed by atoms with Gasteiger partial charge in [-0.05, 0) is 23.5 Å². The van der Waals surface area contributed by atoms with Crippen LogP contribution in [0.4, 0.5) is 10.1 Å². The van der Waals surface area contributed by atoms with Gasteiger partial charge in [0.2, 0.25) is 5.43 Å². The van der Waals surface area contributed by atoms with Crippen molar-refractivity contribution >= 4 is 38.3 Å². The lowest BCUT2D eigenvalue weighted by atomic mass is 10.1. The second kappa shape index (κ2) is 5.37. The third kappa shape index (κ3) is 2.44. The van der Waals surface area contributed by atoms with Crippen molar-refractivity contribution in [3.8, 4) is 0 Å². The molecule has 0 unspecified atom stereocenters. The lowest BCUT2D eigenvalue weighted by Gasteiger charge is -2.03. The van der Waals surface area contributed by atoms with Gasteiger partial charge in [-0.3, -0.25) is 25.0 Å². The fourth-order valence-corrected chi connectivity index (χ4v) is 2.54. The third-order valence-electron chi connectivity index (χ3n) is 2.93. The van der Waals surface area contributed by atoms with Gasteiger partial charge in [-0.2, -0.15) is 0 Å². The molecule has 1 aromatic carbocycles. The molecular formula is C13H8N4O4S. The number of aromatic amines is 1. The second-order valence-corrected chi connectivity index (χ2v) is 5.30. The number of nitro groups is 1. The van der Waals surface area contributed by atoms with Crippen LogP contribution in [0.3, 0.4) is 0 Å². The zero-order chi connectivity index (χ0) is 15.7. The normalized spacial score (nSPS) is 10.5. The summed E-state index contributed by atoms with van der Waals surface area (Å²) in [5.41, 5.74) is 0.114. The molecule has 2 N–H and O–H groups in total. The maximum atomic E-state index is 12.3. The van der Waals surface area contributed by atoms with Crippen LogP contribution in [0.1, 0.15) is 10.4 Å². The SMILES string of the molecule is O=C(Nc1ncc([N+](=O)[O-])s1)c1c[nH]c2ccccc2c1=O. The van der Waals surface area contributed by atoms with E-state index in [4.69, 9.17) is 0 Å². The molecule has 0 spiro atoms. The number of aromatic nitrogens is 2. The number of anilines is 1. The Hall–Kier alpha value is -3.07. The topological polar surface area (TPSA) is 118 Å². The van der Waals surface area contributed by atoms with Crippen LogP contribution >= 0.6 is 11.3 Å². The van der Waals surface area contributed by atoms with E-state index in [1.54, 1.807) is 24.3 Å². The van der Waals surface area contributed by atoms with E-state index in [1.165, 1.54) is 6.20 Å². The van der Waals surface area contributed by atoms with Crippen molar-refractivity contribution in [2.45, 2.75) is 0 Å². The average Bonchev–Trinajstić information content (AvgIpc) is 2.96. The molecule has 0 saturated carbocycles. The Bertz CT molecular complexity index is 946. The van der Waals surface area contributed by atoms with Crippen molar-refractivity contribution in [3.05, 3.63) is 62.6 Å². The van der Waals surface area contributed by atoms with Gasteiger partial charge in [0.05, 0.1) is 4.92 Å². The van der Waals surface area contributed by atoms with Crippen LogP contribution < -0.4 is 10.7 Å². The third-order valence-corrected chi connectivity index (χ3v) is 3.79. The molecule has 0 bridgehead atoms. The first-order chi connectivity index (χ1) is 10.6. The number of carbonyl (C=O) groups excluding carboxylic acids is 1. The molecule has 0 saturated heterocycles. The second-order valence-electron chi connectivity index (χ2n) is 4.29. The molecule has 0 aliphatic carbocycles. The molecule has 0 fully saturated rings. The van der Waals surface area contributed by atoms with E-state index in [1.807, 2.05) is 0 Å². The lowest BCUT2D eigenvalue weighted by Crippen LogP contribution is -2.21. The van der Waals surface area contributed by atoms with E-state index in [9.17, 15) is 19.7 Å². The van der Waals surface area contributed by atoms with Gasteiger partial charge in [0.25, 0.3) is 5.91 Å². The minimum atomic E-state index is -0.670. The summed E-state index contributed by atoms with van der Waals surface area (Å²) in [7, 11) is 0. The first-order valence-corrected chi connectivity index (χ1v) is 6.90. The van der Waals surface area contributed by atoms with E-state index in [0.717, 1.165) is 17.5 Å². The number of fused-ring (bicyclic) bond motifs is 1.